The summed E-state index contributed by atoms with van der Waals surface area (Å²) in [4.78, 5) is 0. The van der Waals surface area contributed by atoms with Crippen LogP contribution in [0.3, 0.4) is 0 Å². The SMILES string of the molecule is Oc1ccc2c(c1)[C@]13CCCCC1[C@H](C2)NCC3. The number of hydrogen-bond donors (Lipinski definition) is 2. The molecule has 0 amide bonds. The number of hydrogen-bond acceptors (Lipinski definition) is 2. The van der Waals surface area contributed by atoms with Crippen LogP contribution in [0.2, 0.25) is 0 Å². The van der Waals surface area contributed by atoms with Gasteiger partial charge >= 0.3 is 0 Å². The van der Waals surface area contributed by atoms with Gasteiger partial charge < -0.3 is 10.4 Å². The molecule has 1 heterocycles. The lowest BCUT2D eigenvalue weighted by atomic mass is 9.53. The van der Waals surface area contributed by atoms with Crippen LogP contribution in [0.5, 0.6) is 5.75 Å². The first-order valence-electron chi connectivity index (χ1n) is 7.35. The maximum absolute atomic E-state index is 9.86. The van der Waals surface area contributed by atoms with Crippen LogP contribution in [0, 0.1) is 5.92 Å². The van der Waals surface area contributed by atoms with Gasteiger partial charge in [0.25, 0.3) is 0 Å². The molecule has 3 aliphatic rings. The lowest BCUT2D eigenvalue weighted by Crippen LogP contribution is -2.59. The van der Waals surface area contributed by atoms with E-state index >= 15 is 0 Å². The molecule has 18 heavy (non-hydrogen) atoms. The Hall–Kier alpha value is -1.02. The molecular formula is C16H21NO. The molecule has 1 saturated carbocycles. The van der Waals surface area contributed by atoms with Crippen LogP contribution in [0.1, 0.15) is 43.2 Å². The molecule has 2 fully saturated rings. The van der Waals surface area contributed by atoms with Gasteiger partial charge in [0.15, 0.2) is 0 Å². The first kappa shape index (κ1) is 10.9. The van der Waals surface area contributed by atoms with E-state index in [1.54, 1.807) is 0 Å². The molecule has 1 saturated heterocycles. The minimum atomic E-state index is 0.375. The standard InChI is InChI=1S/C16H21NO/c18-12-5-4-11-9-15-13-3-1-2-6-16(13,7-8-17-15)14(11)10-12/h4-5,10,13,15,17-18H,1-3,6-9H2/t13?,15-,16-/m0/s1. The molecule has 3 atom stereocenters. The van der Waals surface area contributed by atoms with Crippen molar-refractivity contribution in [3.05, 3.63) is 29.3 Å². The molecule has 1 aromatic carbocycles. The van der Waals surface area contributed by atoms with E-state index in [0.717, 1.165) is 18.9 Å². The normalized spacial score (nSPS) is 37.8. The van der Waals surface area contributed by atoms with E-state index in [-0.39, 0.29) is 0 Å². The second-order valence-corrected chi connectivity index (χ2v) is 6.36. The lowest BCUT2D eigenvalue weighted by Gasteiger charge is -2.56. The molecular weight excluding hydrogens is 222 g/mol. The Morgan fingerprint density at radius 1 is 1.22 bits per heavy atom. The maximum Gasteiger partial charge on any atom is 0.115 e. The molecule has 2 aliphatic carbocycles. The molecule has 2 N–H and O–H groups in total. The van der Waals surface area contributed by atoms with E-state index in [0.29, 0.717) is 17.2 Å². The Labute approximate surface area is 108 Å². The first-order valence-corrected chi connectivity index (χ1v) is 7.35. The highest BCUT2D eigenvalue weighted by Gasteiger charge is 2.51. The fraction of sp³-hybridized carbons (Fsp3) is 0.625. The van der Waals surface area contributed by atoms with Crippen LogP contribution in [0.25, 0.3) is 0 Å². The van der Waals surface area contributed by atoms with Crippen molar-refractivity contribution in [1.82, 2.24) is 5.32 Å². The van der Waals surface area contributed by atoms with Gasteiger partial charge in [0.1, 0.15) is 5.75 Å². The van der Waals surface area contributed by atoms with Gasteiger partial charge in [-0.2, -0.15) is 0 Å². The van der Waals surface area contributed by atoms with Gasteiger partial charge in [0, 0.05) is 11.5 Å². The van der Waals surface area contributed by atoms with E-state index in [1.165, 1.54) is 43.2 Å². The number of aromatic hydroxyl groups is 1. The molecule has 1 aromatic rings. The largest absolute Gasteiger partial charge is 0.508 e. The molecule has 96 valence electrons. The van der Waals surface area contributed by atoms with Gasteiger partial charge in [0.05, 0.1) is 0 Å². The van der Waals surface area contributed by atoms with Crippen LogP contribution in [-0.2, 0) is 11.8 Å². The minimum absolute atomic E-state index is 0.375. The summed E-state index contributed by atoms with van der Waals surface area (Å²) in [7, 11) is 0. The highest BCUT2D eigenvalue weighted by Crippen LogP contribution is 2.54. The number of piperidine rings is 1. The summed E-state index contributed by atoms with van der Waals surface area (Å²) in [5, 5.41) is 13.6. The third kappa shape index (κ3) is 1.33. The minimum Gasteiger partial charge on any atom is -0.508 e. The summed E-state index contributed by atoms with van der Waals surface area (Å²) >= 11 is 0. The van der Waals surface area contributed by atoms with Crippen molar-refractivity contribution in [2.45, 2.75) is 50.0 Å². The molecule has 0 spiro atoms. The number of phenols is 1. The zero-order valence-corrected chi connectivity index (χ0v) is 10.8. The number of rotatable bonds is 0. The topological polar surface area (TPSA) is 32.3 Å². The molecule has 0 aromatic heterocycles. The van der Waals surface area contributed by atoms with E-state index in [1.807, 2.05) is 6.07 Å². The van der Waals surface area contributed by atoms with E-state index in [2.05, 4.69) is 17.4 Å². The number of benzene rings is 1. The van der Waals surface area contributed by atoms with Crippen LogP contribution < -0.4 is 5.32 Å². The van der Waals surface area contributed by atoms with Gasteiger partial charge in [-0.3, -0.25) is 0 Å². The second-order valence-electron chi connectivity index (χ2n) is 6.36. The predicted octanol–water partition coefficient (Wildman–Crippen LogP) is 2.74. The highest BCUT2D eigenvalue weighted by molar-refractivity contribution is 5.45. The average molecular weight is 243 g/mol. The molecule has 2 bridgehead atoms. The Bertz CT molecular complexity index is 480. The van der Waals surface area contributed by atoms with E-state index in [9.17, 15) is 5.11 Å². The van der Waals surface area contributed by atoms with Crippen molar-refractivity contribution >= 4 is 0 Å². The van der Waals surface area contributed by atoms with Crippen molar-refractivity contribution in [2.24, 2.45) is 5.92 Å². The molecule has 1 aliphatic heterocycles. The van der Waals surface area contributed by atoms with Gasteiger partial charge in [0.2, 0.25) is 0 Å². The van der Waals surface area contributed by atoms with Gasteiger partial charge in [-0.15, -0.1) is 0 Å². The van der Waals surface area contributed by atoms with Crippen molar-refractivity contribution in [3.8, 4) is 5.75 Å². The number of nitrogens with one attached hydrogen (secondary N) is 1. The fourth-order valence-corrected chi connectivity index (χ4v) is 4.91. The first-order chi connectivity index (χ1) is 8.79. The third-order valence-corrected chi connectivity index (χ3v) is 5.63. The van der Waals surface area contributed by atoms with Crippen molar-refractivity contribution < 1.29 is 5.11 Å². The van der Waals surface area contributed by atoms with Gasteiger partial charge in [-0.05, 0) is 61.4 Å². The zero-order chi connectivity index (χ0) is 12.2. The summed E-state index contributed by atoms with van der Waals surface area (Å²) in [5.74, 6) is 1.25. The molecule has 0 radical (unpaired) electrons. The predicted molar refractivity (Wildman–Crippen MR) is 71.9 cm³/mol. The quantitative estimate of drug-likeness (QED) is 0.734. The summed E-state index contributed by atoms with van der Waals surface area (Å²) in [6.07, 6.45) is 7.85. The summed E-state index contributed by atoms with van der Waals surface area (Å²) in [5.41, 5.74) is 3.33. The molecule has 2 heteroatoms. The number of fused-ring (bicyclic) bond motifs is 1. The molecule has 1 unspecified atom stereocenters. The summed E-state index contributed by atoms with van der Waals surface area (Å²) in [6.45, 7) is 1.15. The Kier molecular flexibility index (Phi) is 2.25. The Morgan fingerprint density at radius 3 is 3.11 bits per heavy atom. The van der Waals surface area contributed by atoms with Crippen molar-refractivity contribution in [3.63, 3.8) is 0 Å². The highest BCUT2D eigenvalue weighted by atomic mass is 16.3. The molecule has 4 rings (SSSR count). The lowest BCUT2D eigenvalue weighted by molar-refractivity contribution is 0.0795. The summed E-state index contributed by atoms with van der Waals surface area (Å²) in [6, 6.07) is 6.75. The van der Waals surface area contributed by atoms with Crippen LogP contribution in [-0.4, -0.2) is 17.7 Å². The van der Waals surface area contributed by atoms with Crippen LogP contribution in [0.4, 0.5) is 0 Å². The Balaban J connectivity index is 1.91. The Morgan fingerprint density at radius 2 is 2.17 bits per heavy atom. The second kappa shape index (κ2) is 3.74. The van der Waals surface area contributed by atoms with E-state index in [4.69, 9.17) is 0 Å². The summed E-state index contributed by atoms with van der Waals surface area (Å²) < 4.78 is 0. The van der Waals surface area contributed by atoms with E-state index < -0.39 is 0 Å². The fourth-order valence-electron chi connectivity index (χ4n) is 4.91. The van der Waals surface area contributed by atoms with Crippen molar-refractivity contribution in [1.29, 1.82) is 0 Å². The number of phenolic OH excluding ortho intramolecular Hbond substituents is 1. The van der Waals surface area contributed by atoms with Crippen LogP contribution in [0.15, 0.2) is 18.2 Å². The van der Waals surface area contributed by atoms with Crippen LogP contribution >= 0.6 is 0 Å². The maximum atomic E-state index is 9.86. The smallest absolute Gasteiger partial charge is 0.115 e. The van der Waals surface area contributed by atoms with Gasteiger partial charge in [-0.1, -0.05) is 18.9 Å². The average Bonchev–Trinajstić information content (AvgIpc) is 2.40. The molecule has 2 nitrogen and oxygen atoms in total. The van der Waals surface area contributed by atoms with Gasteiger partial charge in [-0.25, -0.2) is 0 Å². The van der Waals surface area contributed by atoms with Crippen molar-refractivity contribution in [2.75, 3.05) is 6.54 Å². The monoisotopic (exact) mass is 243 g/mol. The third-order valence-electron chi connectivity index (χ3n) is 5.63. The zero-order valence-electron chi connectivity index (χ0n) is 10.8.